The molecule has 1 aliphatic carbocycles. The predicted molar refractivity (Wildman–Crippen MR) is 165 cm³/mol. The smallest absolute Gasteiger partial charge is 0.191 e. The van der Waals surface area contributed by atoms with Gasteiger partial charge >= 0.3 is 0 Å². The molecule has 6 heteroatoms. The summed E-state index contributed by atoms with van der Waals surface area (Å²) in [6.45, 7) is 15.4. The number of methoxy groups -OCH3 is 1. The van der Waals surface area contributed by atoms with Gasteiger partial charge in [0.2, 0.25) is 0 Å². The third kappa shape index (κ3) is 5.92. The monoisotopic (exact) mass is 563 g/mol. The zero-order valence-electron chi connectivity index (χ0n) is 25.5. The van der Waals surface area contributed by atoms with E-state index in [1.165, 1.54) is 22.3 Å². The molecule has 0 amide bonds. The molecule has 1 spiro atoms. The van der Waals surface area contributed by atoms with Crippen LogP contribution >= 0.6 is 0 Å². The molecule has 1 N–H and O–H groups in total. The summed E-state index contributed by atoms with van der Waals surface area (Å²) in [7, 11) is 0.0564. The lowest BCUT2D eigenvalue weighted by molar-refractivity contribution is 0.0809. The molecule has 3 atom stereocenters. The van der Waals surface area contributed by atoms with E-state index in [0.29, 0.717) is 6.42 Å². The van der Waals surface area contributed by atoms with E-state index in [4.69, 9.17) is 13.9 Å². The Morgan fingerprint density at radius 2 is 1.75 bits per heavy atom. The number of aliphatic hydroxyl groups is 1. The van der Waals surface area contributed by atoms with Crippen LogP contribution in [-0.4, -0.2) is 57.3 Å². The summed E-state index contributed by atoms with van der Waals surface area (Å²) >= 11 is 0. The van der Waals surface area contributed by atoms with Crippen LogP contribution < -0.4 is 9.47 Å². The lowest BCUT2D eigenvalue weighted by Gasteiger charge is -2.36. The predicted octanol–water partition coefficient (Wildman–Crippen LogP) is 6.81. The van der Waals surface area contributed by atoms with Crippen molar-refractivity contribution in [1.29, 1.82) is 0 Å². The largest absolute Gasteiger partial charge is 0.493 e. The van der Waals surface area contributed by atoms with E-state index in [2.05, 4.69) is 75.2 Å². The van der Waals surface area contributed by atoms with Crippen LogP contribution in [0.3, 0.4) is 0 Å². The molecular formula is C34H49NO4Si. The van der Waals surface area contributed by atoms with E-state index in [1.807, 2.05) is 12.1 Å². The summed E-state index contributed by atoms with van der Waals surface area (Å²) in [5.41, 5.74) is 5.27. The second-order valence-electron chi connectivity index (χ2n) is 13.6. The molecule has 3 aliphatic rings. The Balaban J connectivity index is 1.14. The van der Waals surface area contributed by atoms with Gasteiger partial charge in [-0.1, -0.05) is 63.3 Å². The van der Waals surface area contributed by atoms with E-state index in [9.17, 15) is 5.11 Å². The molecule has 0 bridgehead atoms. The topological polar surface area (TPSA) is 51.2 Å². The van der Waals surface area contributed by atoms with Gasteiger partial charge in [-0.25, -0.2) is 0 Å². The molecular weight excluding hydrogens is 514 g/mol. The Bertz CT molecular complexity index is 1200. The van der Waals surface area contributed by atoms with Crippen LogP contribution in [0.1, 0.15) is 68.7 Å². The SMILES string of the molecule is COc1ccc2c3c1O[C@@H]1C[C@H](O)C=C[C@]31CCN(CCCc1ccc(CCCO[Si](C)(C)C(C)(C)C)cc1)C2. The molecule has 40 heavy (non-hydrogen) atoms. The molecule has 0 radical (unpaired) electrons. The number of nitrogens with zero attached hydrogens (tertiary/aromatic N) is 1. The number of aliphatic hydroxyl groups excluding tert-OH is 1. The van der Waals surface area contributed by atoms with Gasteiger partial charge in [0.15, 0.2) is 19.8 Å². The average molecular weight is 564 g/mol. The van der Waals surface area contributed by atoms with Gasteiger partial charge in [0.1, 0.15) is 6.10 Å². The van der Waals surface area contributed by atoms with E-state index in [1.54, 1.807) is 7.11 Å². The summed E-state index contributed by atoms with van der Waals surface area (Å²) in [6.07, 6.45) is 9.74. The van der Waals surface area contributed by atoms with Crippen molar-refractivity contribution in [2.24, 2.45) is 0 Å². The Labute approximate surface area is 242 Å². The first kappa shape index (κ1) is 29.4. The van der Waals surface area contributed by atoms with Crippen molar-refractivity contribution >= 4 is 8.32 Å². The van der Waals surface area contributed by atoms with Crippen LogP contribution in [0.4, 0.5) is 0 Å². The fourth-order valence-electron chi connectivity index (χ4n) is 6.39. The Hall–Kier alpha value is -2.12. The first-order valence-electron chi connectivity index (χ1n) is 15.2. The van der Waals surface area contributed by atoms with Gasteiger partial charge in [-0.3, -0.25) is 4.90 Å². The van der Waals surface area contributed by atoms with Gasteiger partial charge in [-0.15, -0.1) is 0 Å². The van der Waals surface area contributed by atoms with Crippen LogP contribution in [0, 0.1) is 0 Å². The van der Waals surface area contributed by atoms with Crippen molar-refractivity contribution < 1.29 is 19.0 Å². The zero-order chi connectivity index (χ0) is 28.5. The van der Waals surface area contributed by atoms with Crippen molar-refractivity contribution in [3.05, 3.63) is 70.8 Å². The molecule has 2 aromatic carbocycles. The third-order valence-electron chi connectivity index (χ3n) is 9.88. The summed E-state index contributed by atoms with van der Waals surface area (Å²) in [5.74, 6) is 1.69. The van der Waals surface area contributed by atoms with Gasteiger partial charge < -0.3 is 19.0 Å². The minimum atomic E-state index is -1.65. The van der Waals surface area contributed by atoms with Crippen molar-refractivity contribution in [2.45, 2.75) is 102 Å². The highest BCUT2D eigenvalue weighted by Gasteiger charge is 2.52. The van der Waals surface area contributed by atoms with E-state index in [0.717, 1.165) is 69.8 Å². The first-order valence-corrected chi connectivity index (χ1v) is 18.1. The molecule has 0 fully saturated rings. The molecule has 0 saturated carbocycles. The fourth-order valence-corrected chi connectivity index (χ4v) is 7.47. The molecule has 2 heterocycles. The standard InChI is InChI=1S/C34H49NO4Si/c1-33(2,3)40(5,6)38-22-8-10-26-13-11-25(12-14-26)9-7-20-35-21-19-34-18-17-28(36)23-30(34)39-32-29(37-4)16-15-27(24-35)31(32)34/h11-18,28,30,36H,7-10,19-24H2,1-6H3/t28-,30-,34-/m1/s1. The van der Waals surface area contributed by atoms with Crippen molar-refractivity contribution in [1.82, 2.24) is 4.90 Å². The highest BCUT2D eigenvalue weighted by atomic mass is 28.4. The van der Waals surface area contributed by atoms with Gasteiger partial charge in [0.25, 0.3) is 0 Å². The fraction of sp³-hybridized carbons (Fsp3) is 0.588. The van der Waals surface area contributed by atoms with Gasteiger partial charge in [-0.05, 0) is 86.1 Å². The summed E-state index contributed by atoms with van der Waals surface area (Å²) in [5, 5.41) is 10.6. The van der Waals surface area contributed by atoms with Crippen LogP contribution in [0.5, 0.6) is 11.5 Å². The molecule has 0 unspecified atom stereocenters. The van der Waals surface area contributed by atoms with Crippen LogP contribution in [0.15, 0.2) is 48.6 Å². The lowest BCUT2D eigenvalue weighted by Crippen LogP contribution is -2.43. The van der Waals surface area contributed by atoms with E-state index in [-0.39, 0.29) is 16.6 Å². The molecule has 2 aliphatic heterocycles. The maximum absolute atomic E-state index is 10.3. The zero-order valence-corrected chi connectivity index (χ0v) is 26.5. The number of rotatable bonds is 10. The maximum Gasteiger partial charge on any atom is 0.191 e. The normalized spacial score (nSPS) is 24.3. The van der Waals surface area contributed by atoms with Gasteiger partial charge in [-0.2, -0.15) is 0 Å². The Morgan fingerprint density at radius 3 is 2.42 bits per heavy atom. The minimum Gasteiger partial charge on any atom is -0.493 e. The van der Waals surface area contributed by atoms with Crippen molar-refractivity contribution in [3.8, 4) is 11.5 Å². The van der Waals surface area contributed by atoms with Crippen LogP contribution in [-0.2, 0) is 29.2 Å². The maximum atomic E-state index is 10.3. The number of hydrogen-bond acceptors (Lipinski definition) is 5. The van der Waals surface area contributed by atoms with Crippen molar-refractivity contribution in [2.75, 3.05) is 26.8 Å². The quantitative estimate of drug-likeness (QED) is 0.196. The molecule has 0 aromatic heterocycles. The Morgan fingerprint density at radius 1 is 1.05 bits per heavy atom. The van der Waals surface area contributed by atoms with Crippen LogP contribution in [0.2, 0.25) is 18.1 Å². The van der Waals surface area contributed by atoms with Crippen molar-refractivity contribution in [3.63, 3.8) is 0 Å². The second-order valence-corrected chi connectivity index (χ2v) is 18.4. The number of aryl methyl sites for hydroxylation is 2. The van der Waals surface area contributed by atoms with Gasteiger partial charge in [0, 0.05) is 25.1 Å². The second kappa shape index (κ2) is 11.6. The summed E-state index contributed by atoms with van der Waals surface area (Å²) in [4.78, 5) is 2.60. The lowest BCUT2D eigenvalue weighted by atomic mass is 9.69. The van der Waals surface area contributed by atoms with E-state index < -0.39 is 14.4 Å². The minimum absolute atomic E-state index is 0.0327. The number of hydrogen-bond donors (Lipinski definition) is 1. The van der Waals surface area contributed by atoms with Gasteiger partial charge in [0.05, 0.1) is 18.6 Å². The Kier molecular flexibility index (Phi) is 8.54. The highest BCUT2D eigenvalue weighted by molar-refractivity contribution is 6.74. The molecule has 5 nitrogen and oxygen atoms in total. The molecule has 5 rings (SSSR count). The molecule has 2 aromatic rings. The van der Waals surface area contributed by atoms with E-state index >= 15 is 0 Å². The number of ether oxygens (including phenoxy) is 2. The molecule has 0 saturated heterocycles. The van der Waals surface area contributed by atoms with Crippen LogP contribution in [0.25, 0.3) is 0 Å². The number of benzene rings is 2. The summed E-state index contributed by atoms with van der Waals surface area (Å²) < 4.78 is 18.5. The third-order valence-corrected chi connectivity index (χ3v) is 14.4. The average Bonchev–Trinajstić information content (AvgIpc) is 3.15. The highest BCUT2D eigenvalue weighted by Crippen LogP contribution is 2.55. The first-order chi connectivity index (χ1) is 19.0. The summed E-state index contributed by atoms with van der Waals surface area (Å²) in [6, 6.07) is 13.5. The molecule has 218 valence electrons.